The lowest BCUT2D eigenvalue weighted by atomic mass is 10.1. The Morgan fingerprint density at radius 3 is 2.54 bits per heavy atom. The van der Waals surface area contributed by atoms with Crippen molar-refractivity contribution in [3.05, 3.63) is 52.2 Å². The highest BCUT2D eigenvalue weighted by Gasteiger charge is 2.14. The lowest BCUT2D eigenvalue weighted by molar-refractivity contribution is 0.362. The molecule has 3 rings (SSSR count). The van der Waals surface area contributed by atoms with Crippen LogP contribution in [0.4, 0.5) is 0 Å². The fourth-order valence-electron chi connectivity index (χ4n) is 2.70. The Balaban J connectivity index is 2.20. The van der Waals surface area contributed by atoms with Gasteiger partial charge in [0.05, 0.1) is 14.2 Å². The molecule has 0 amide bonds. The average Bonchev–Trinajstić information content (AvgIpc) is 2.65. The summed E-state index contributed by atoms with van der Waals surface area (Å²) in [6.45, 7) is 1.82. The molecule has 132 valence electrons. The second kappa shape index (κ2) is 7.19. The molecule has 0 aliphatic heterocycles. The van der Waals surface area contributed by atoms with Gasteiger partial charge in [-0.2, -0.15) is 5.26 Å². The fraction of sp³-hybridized carbons (Fsp3) is 0.200. The average molecular weight is 351 g/mol. The summed E-state index contributed by atoms with van der Waals surface area (Å²) in [5, 5.41) is 9.00. The number of methoxy groups -OCH3 is 2. The molecule has 0 fully saturated rings. The molecule has 0 spiro atoms. The number of nitrogens with zero attached hydrogens (tertiary/aromatic N) is 1. The molecular weight excluding hydrogens is 334 g/mol. The highest BCUT2D eigenvalue weighted by Crippen LogP contribution is 2.33. The van der Waals surface area contributed by atoms with Crippen molar-refractivity contribution in [2.75, 3.05) is 20.8 Å². The van der Waals surface area contributed by atoms with Crippen molar-refractivity contribution in [2.24, 2.45) is 0 Å². The van der Waals surface area contributed by atoms with E-state index in [1.54, 1.807) is 19.2 Å². The number of benzene rings is 2. The molecule has 1 heterocycles. The Kier molecular flexibility index (Phi) is 4.81. The minimum atomic E-state index is -0.232. The van der Waals surface area contributed by atoms with Crippen molar-refractivity contribution in [1.29, 1.82) is 5.26 Å². The molecular formula is C20H17NO5. The van der Waals surface area contributed by atoms with Crippen LogP contribution in [0.5, 0.6) is 17.2 Å². The van der Waals surface area contributed by atoms with Gasteiger partial charge in [-0.25, -0.2) is 0 Å². The minimum Gasteiger partial charge on any atom is -0.496 e. The van der Waals surface area contributed by atoms with Crippen LogP contribution in [0.25, 0.3) is 22.3 Å². The number of fused-ring (bicyclic) bond motifs is 1. The van der Waals surface area contributed by atoms with E-state index in [-0.39, 0.29) is 12.0 Å². The molecule has 0 unspecified atom stereocenters. The van der Waals surface area contributed by atoms with E-state index < -0.39 is 0 Å². The molecule has 0 atom stereocenters. The number of ether oxygens (including phenoxy) is 3. The van der Waals surface area contributed by atoms with E-state index in [9.17, 15) is 4.79 Å². The molecule has 1 aromatic heterocycles. The molecule has 2 aromatic carbocycles. The third kappa shape index (κ3) is 3.20. The summed E-state index contributed by atoms with van der Waals surface area (Å²) in [5.74, 6) is 1.82. The maximum Gasteiger partial charge on any atom is 0.197 e. The number of aryl methyl sites for hydroxylation is 1. The lowest BCUT2D eigenvalue weighted by Crippen LogP contribution is -2.04. The molecule has 0 radical (unpaired) electrons. The number of hydrogen-bond acceptors (Lipinski definition) is 6. The van der Waals surface area contributed by atoms with Gasteiger partial charge < -0.3 is 18.6 Å². The van der Waals surface area contributed by atoms with Crippen LogP contribution in [-0.4, -0.2) is 20.8 Å². The van der Waals surface area contributed by atoms with Crippen molar-refractivity contribution in [1.82, 2.24) is 0 Å². The van der Waals surface area contributed by atoms with Gasteiger partial charge >= 0.3 is 0 Å². The molecule has 0 saturated carbocycles. The summed E-state index contributed by atoms with van der Waals surface area (Å²) in [7, 11) is 3.05. The van der Waals surface area contributed by atoms with Crippen LogP contribution in [-0.2, 0) is 0 Å². The van der Waals surface area contributed by atoms with Crippen LogP contribution in [0.3, 0.4) is 0 Å². The maximum atomic E-state index is 12.6. The zero-order valence-corrected chi connectivity index (χ0v) is 14.7. The summed E-state index contributed by atoms with van der Waals surface area (Å²) < 4.78 is 21.9. The van der Waals surface area contributed by atoms with Crippen LogP contribution in [0.2, 0.25) is 0 Å². The summed E-state index contributed by atoms with van der Waals surface area (Å²) in [6, 6.07) is 12.0. The number of nitriles is 1. The zero-order valence-electron chi connectivity index (χ0n) is 14.7. The van der Waals surface area contributed by atoms with E-state index in [1.165, 1.54) is 13.2 Å². The van der Waals surface area contributed by atoms with Crippen LogP contribution in [0.15, 0.2) is 45.6 Å². The minimum absolute atomic E-state index is 0.117. The van der Waals surface area contributed by atoms with E-state index in [1.807, 2.05) is 31.2 Å². The second-order valence-corrected chi connectivity index (χ2v) is 5.60. The summed E-state index contributed by atoms with van der Waals surface area (Å²) >= 11 is 0. The monoisotopic (exact) mass is 351 g/mol. The molecule has 6 nitrogen and oxygen atoms in total. The molecule has 0 N–H and O–H groups in total. The standard InChI is InChI=1S/C20H17NO5/c1-12-4-5-13(8-16(12)23-2)17-11-15(22)20-18(24-3)9-14(25-7-6-21)10-19(20)26-17/h4-5,8-11H,7H2,1-3H3. The predicted octanol–water partition coefficient (Wildman–Crippen LogP) is 3.69. The molecule has 0 saturated heterocycles. The SMILES string of the molecule is COc1cc(-c2cc(=O)c3c(OC)cc(OCC#N)cc3o2)ccc1C. The normalized spacial score (nSPS) is 10.4. The second-order valence-electron chi connectivity index (χ2n) is 5.60. The molecule has 0 bridgehead atoms. The summed E-state index contributed by atoms with van der Waals surface area (Å²) in [6.07, 6.45) is 0. The number of rotatable bonds is 5. The van der Waals surface area contributed by atoms with Crippen LogP contribution in [0, 0.1) is 18.3 Å². The Labute approximate surface area is 150 Å². The van der Waals surface area contributed by atoms with Crippen molar-refractivity contribution < 1.29 is 18.6 Å². The van der Waals surface area contributed by atoms with Crippen molar-refractivity contribution in [3.8, 4) is 34.6 Å². The van der Waals surface area contributed by atoms with Gasteiger partial charge in [-0.05, 0) is 18.6 Å². The Morgan fingerprint density at radius 1 is 1.08 bits per heavy atom. The Bertz CT molecular complexity index is 1060. The summed E-state index contributed by atoms with van der Waals surface area (Å²) in [5.41, 5.74) is 1.78. The van der Waals surface area contributed by atoms with Gasteiger partial charge in [0.2, 0.25) is 0 Å². The van der Waals surface area contributed by atoms with Gasteiger partial charge in [-0.15, -0.1) is 0 Å². The van der Waals surface area contributed by atoms with E-state index >= 15 is 0 Å². The maximum absolute atomic E-state index is 12.6. The topological polar surface area (TPSA) is 81.7 Å². The first-order valence-corrected chi connectivity index (χ1v) is 7.88. The Hall–Kier alpha value is -3.46. The predicted molar refractivity (Wildman–Crippen MR) is 96.9 cm³/mol. The molecule has 26 heavy (non-hydrogen) atoms. The molecule has 0 aliphatic carbocycles. The van der Waals surface area contributed by atoms with Gasteiger partial charge in [0.15, 0.2) is 12.0 Å². The third-order valence-electron chi connectivity index (χ3n) is 3.98. The fourth-order valence-corrected chi connectivity index (χ4v) is 2.70. The van der Waals surface area contributed by atoms with Gasteiger partial charge in [-0.1, -0.05) is 12.1 Å². The largest absolute Gasteiger partial charge is 0.496 e. The molecule has 0 aliphatic rings. The first kappa shape index (κ1) is 17.4. The van der Waals surface area contributed by atoms with Crippen molar-refractivity contribution >= 4 is 11.0 Å². The molecule has 6 heteroatoms. The first-order valence-electron chi connectivity index (χ1n) is 7.88. The molecule has 3 aromatic rings. The van der Waals surface area contributed by atoms with Crippen molar-refractivity contribution in [2.45, 2.75) is 6.92 Å². The van der Waals surface area contributed by atoms with E-state index in [2.05, 4.69) is 0 Å². The van der Waals surface area contributed by atoms with E-state index in [0.717, 1.165) is 5.56 Å². The number of hydrogen-bond donors (Lipinski definition) is 0. The Morgan fingerprint density at radius 2 is 1.85 bits per heavy atom. The van der Waals surface area contributed by atoms with E-state index in [0.29, 0.717) is 39.5 Å². The lowest BCUT2D eigenvalue weighted by Gasteiger charge is -2.11. The highest BCUT2D eigenvalue weighted by molar-refractivity contribution is 5.86. The van der Waals surface area contributed by atoms with Crippen LogP contribution < -0.4 is 19.6 Å². The zero-order chi connectivity index (χ0) is 18.7. The third-order valence-corrected chi connectivity index (χ3v) is 3.98. The highest BCUT2D eigenvalue weighted by atomic mass is 16.5. The van der Waals surface area contributed by atoms with Crippen LogP contribution >= 0.6 is 0 Å². The quantitative estimate of drug-likeness (QED) is 0.697. The van der Waals surface area contributed by atoms with Gasteiger partial charge in [-0.3, -0.25) is 4.79 Å². The van der Waals surface area contributed by atoms with Crippen molar-refractivity contribution in [3.63, 3.8) is 0 Å². The van der Waals surface area contributed by atoms with Gasteiger partial charge in [0, 0.05) is 23.8 Å². The van der Waals surface area contributed by atoms with Crippen LogP contribution in [0.1, 0.15) is 5.56 Å². The first-order chi connectivity index (χ1) is 12.6. The smallest absolute Gasteiger partial charge is 0.197 e. The van der Waals surface area contributed by atoms with E-state index in [4.69, 9.17) is 23.9 Å². The van der Waals surface area contributed by atoms with Gasteiger partial charge in [0.25, 0.3) is 0 Å². The summed E-state index contributed by atoms with van der Waals surface area (Å²) in [4.78, 5) is 12.6. The van der Waals surface area contributed by atoms with Gasteiger partial charge in [0.1, 0.15) is 40.0 Å².